The molecule has 0 aliphatic carbocycles. The maximum Gasteiger partial charge on any atom is 0.253 e. The molecular formula is C10H8F2N2O. The molecule has 0 spiro atoms. The third-order valence-corrected chi connectivity index (χ3v) is 2.01. The Bertz CT molecular complexity index is 436. The fourth-order valence-electron chi connectivity index (χ4n) is 1.42. The van der Waals surface area contributed by atoms with E-state index >= 15 is 0 Å². The molecule has 0 bridgehead atoms. The van der Waals surface area contributed by atoms with Crippen LogP contribution in [0.2, 0.25) is 0 Å². The monoisotopic (exact) mass is 210 g/mol. The smallest absolute Gasteiger partial charge is 0.253 e. The standard InChI is InChI=1S/C10H8F2N2O/c1-6-2-10(15)14(13-6)9-4-7(11)3-8(12)5-9/h3-5H,2H2,1H3. The van der Waals surface area contributed by atoms with Gasteiger partial charge in [0.15, 0.2) is 0 Å². The third-order valence-electron chi connectivity index (χ3n) is 2.01. The zero-order valence-corrected chi connectivity index (χ0v) is 8.00. The Morgan fingerprint density at radius 3 is 2.33 bits per heavy atom. The van der Waals surface area contributed by atoms with Gasteiger partial charge >= 0.3 is 0 Å². The molecule has 1 aromatic carbocycles. The van der Waals surface area contributed by atoms with E-state index in [2.05, 4.69) is 5.10 Å². The second kappa shape index (κ2) is 3.42. The molecule has 5 heteroatoms. The first-order chi connectivity index (χ1) is 7.06. The Morgan fingerprint density at radius 2 is 1.87 bits per heavy atom. The molecule has 1 amide bonds. The van der Waals surface area contributed by atoms with Gasteiger partial charge in [-0.15, -0.1) is 0 Å². The lowest BCUT2D eigenvalue weighted by Crippen LogP contribution is -2.19. The van der Waals surface area contributed by atoms with Gasteiger partial charge in [0.2, 0.25) is 0 Å². The molecule has 0 radical (unpaired) electrons. The highest BCUT2D eigenvalue weighted by molar-refractivity contribution is 6.12. The molecule has 15 heavy (non-hydrogen) atoms. The first-order valence-electron chi connectivity index (χ1n) is 4.39. The van der Waals surface area contributed by atoms with E-state index in [0.717, 1.165) is 23.2 Å². The van der Waals surface area contributed by atoms with Gasteiger partial charge in [-0.05, 0) is 19.1 Å². The SMILES string of the molecule is CC1=NN(c2cc(F)cc(F)c2)C(=O)C1. The molecule has 1 aliphatic heterocycles. The summed E-state index contributed by atoms with van der Waals surface area (Å²) in [5.41, 5.74) is 0.749. The molecule has 0 saturated heterocycles. The van der Waals surface area contributed by atoms with Crippen molar-refractivity contribution in [2.45, 2.75) is 13.3 Å². The summed E-state index contributed by atoms with van der Waals surface area (Å²) in [5, 5.41) is 4.90. The number of rotatable bonds is 1. The summed E-state index contributed by atoms with van der Waals surface area (Å²) in [4.78, 5) is 11.4. The number of carbonyl (C=O) groups is 1. The number of nitrogens with zero attached hydrogens (tertiary/aromatic N) is 2. The Morgan fingerprint density at radius 1 is 1.27 bits per heavy atom. The summed E-state index contributed by atoms with van der Waals surface area (Å²) in [7, 11) is 0. The Kier molecular flexibility index (Phi) is 2.22. The maximum atomic E-state index is 12.9. The number of anilines is 1. The summed E-state index contributed by atoms with van der Waals surface area (Å²) in [6.07, 6.45) is 0.193. The van der Waals surface area contributed by atoms with Crippen molar-refractivity contribution >= 4 is 17.3 Å². The number of benzene rings is 1. The largest absolute Gasteiger partial charge is 0.272 e. The predicted octanol–water partition coefficient (Wildman–Crippen LogP) is 2.08. The molecule has 1 heterocycles. The quantitative estimate of drug-likeness (QED) is 0.698. The van der Waals surface area contributed by atoms with Gasteiger partial charge < -0.3 is 0 Å². The minimum atomic E-state index is -0.724. The van der Waals surface area contributed by atoms with Crippen molar-refractivity contribution in [1.82, 2.24) is 0 Å². The van der Waals surface area contributed by atoms with Gasteiger partial charge in [-0.1, -0.05) is 0 Å². The fraction of sp³-hybridized carbons (Fsp3) is 0.200. The van der Waals surface area contributed by atoms with Crippen molar-refractivity contribution in [1.29, 1.82) is 0 Å². The van der Waals surface area contributed by atoms with Crippen molar-refractivity contribution in [3.63, 3.8) is 0 Å². The molecule has 0 fully saturated rings. The van der Waals surface area contributed by atoms with Gasteiger partial charge in [0.05, 0.1) is 12.1 Å². The topological polar surface area (TPSA) is 32.7 Å². The zero-order valence-electron chi connectivity index (χ0n) is 8.00. The van der Waals surface area contributed by atoms with Gasteiger partial charge in [0.25, 0.3) is 5.91 Å². The van der Waals surface area contributed by atoms with E-state index in [9.17, 15) is 13.6 Å². The van der Waals surface area contributed by atoms with Crippen LogP contribution in [0.1, 0.15) is 13.3 Å². The van der Waals surface area contributed by atoms with Crippen LogP contribution < -0.4 is 5.01 Å². The van der Waals surface area contributed by atoms with Crippen molar-refractivity contribution in [2.24, 2.45) is 5.10 Å². The van der Waals surface area contributed by atoms with Gasteiger partial charge in [0, 0.05) is 11.8 Å². The van der Waals surface area contributed by atoms with Gasteiger partial charge in [-0.25, -0.2) is 13.8 Å². The molecule has 0 unspecified atom stereocenters. The number of hydrazone groups is 1. The average Bonchev–Trinajstić information content (AvgIpc) is 2.43. The lowest BCUT2D eigenvalue weighted by Gasteiger charge is -2.11. The van der Waals surface area contributed by atoms with Crippen LogP contribution in [0.5, 0.6) is 0 Å². The van der Waals surface area contributed by atoms with Crippen LogP contribution in [-0.2, 0) is 4.79 Å². The van der Waals surface area contributed by atoms with Crippen LogP contribution in [0.15, 0.2) is 23.3 Å². The molecule has 78 valence electrons. The van der Waals surface area contributed by atoms with Gasteiger partial charge in [-0.2, -0.15) is 5.10 Å². The van der Waals surface area contributed by atoms with Crippen LogP contribution in [0, 0.1) is 11.6 Å². The van der Waals surface area contributed by atoms with Gasteiger partial charge in [-0.3, -0.25) is 4.79 Å². The van der Waals surface area contributed by atoms with E-state index in [0.29, 0.717) is 5.71 Å². The number of amides is 1. The summed E-state index contributed by atoms with van der Waals surface area (Å²) in [6, 6.07) is 2.90. The molecule has 1 aliphatic rings. The highest BCUT2D eigenvalue weighted by atomic mass is 19.1. The van der Waals surface area contributed by atoms with E-state index in [1.807, 2.05) is 0 Å². The maximum absolute atomic E-state index is 12.9. The van der Waals surface area contributed by atoms with Crippen LogP contribution in [0.25, 0.3) is 0 Å². The Balaban J connectivity index is 2.41. The number of carbonyl (C=O) groups excluding carboxylic acids is 1. The molecule has 3 nitrogen and oxygen atoms in total. The number of hydrogen-bond donors (Lipinski definition) is 0. The van der Waals surface area contributed by atoms with Gasteiger partial charge in [0.1, 0.15) is 11.6 Å². The Hall–Kier alpha value is -1.78. The van der Waals surface area contributed by atoms with Crippen LogP contribution in [0.3, 0.4) is 0 Å². The van der Waals surface area contributed by atoms with E-state index < -0.39 is 11.6 Å². The van der Waals surface area contributed by atoms with Crippen molar-refractivity contribution in [3.8, 4) is 0 Å². The summed E-state index contributed by atoms with van der Waals surface area (Å²) >= 11 is 0. The second-order valence-electron chi connectivity index (χ2n) is 3.35. The van der Waals surface area contributed by atoms with E-state index in [1.54, 1.807) is 6.92 Å². The lowest BCUT2D eigenvalue weighted by molar-refractivity contribution is -0.116. The van der Waals surface area contributed by atoms with Crippen LogP contribution in [0.4, 0.5) is 14.5 Å². The fourth-order valence-corrected chi connectivity index (χ4v) is 1.42. The average molecular weight is 210 g/mol. The molecule has 2 rings (SSSR count). The molecule has 1 aromatic rings. The minimum absolute atomic E-state index is 0.120. The zero-order chi connectivity index (χ0) is 11.0. The molecule has 0 N–H and O–H groups in total. The third kappa shape index (κ3) is 1.86. The summed E-state index contributed by atoms with van der Waals surface area (Å²) < 4.78 is 25.8. The second-order valence-corrected chi connectivity index (χ2v) is 3.35. The van der Waals surface area contributed by atoms with Crippen molar-refractivity contribution < 1.29 is 13.6 Å². The van der Waals surface area contributed by atoms with E-state index in [-0.39, 0.29) is 18.0 Å². The first-order valence-corrected chi connectivity index (χ1v) is 4.39. The Labute approximate surface area is 85.0 Å². The van der Waals surface area contributed by atoms with E-state index in [1.165, 1.54) is 0 Å². The van der Waals surface area contributed by atoms with Crippen LogP contribution >= 0.6 is 0 Å². The van der Waals surface area contributed by atoms with E-state index in [4.69, 9.17) is 0 Å². The molecular weight excluding hydrogens is 202 g/mol. The first kappa shape index (κ1) is 9.76. The number of halogens is 2. The van der Waals surface area contributed by atoms with Crippen molar-refractivity contribution in [2.75, 3.05) is 5.01 Å². The number of hydrogen-bond acceptors (Lipinski definition) is 2. The summed E-state index contributed by atoms with van der Waals surface area (Å²) in [6.45, 7) is 1.69. The molecule has 0 atom stereocenters. The van der Waals surface area contributed by atoms with Crippen LogP contribution in [-0.4, -0.2) is 11.6 Å². The summed E-state index contributed by atoms with van der Waals surface area (Å²) in [5.74, 6) is -1.73. The highest BCUT2D eigenvalue weighted by Crippen LogP contribution is 2.22. The highest BCUT2D eigenvalue weighted by Gasteiger charge is 2.23. The molecule has 0 saturated carbocycles. The minimum Gasteiger partial charge on any atom is -0.272 e. The van der Waals surface area contributed by atoms with Crippen molar-refractivity contribution in [3.05, 3.63) is 29.8 Å². The lowest BCUT2D eigenvalue weighted by atomic mass is 10.2. The molecule has 0 aromatic heterocycles. The normalized spacial score (nSPS) is 15.8. The predicted molar refractivity (Wildman–Crippen MR) is 51.6 cm³/mol.